The van der Waals surface area contributed by atoms with Crippen LogP contribution in [0.1, 0.15) is 123 Å². The second-order valence-corrected chi connectivity index (χ2v) is 28.0. The highest BCUT2D eigenvalue weighted by Crippen LogP contribution is 2.66. The van der Waals surface area contributed by atoms with Gasteiger partial charge in [-0.3, -0.25) is 0 Å². The van der Waals surface area contributed by atoms with Crippen LogP contribution in [0.4, 0.5) is 17.1 Å². The third-order valence-corrected chi connectivity index (χ3v) is 23.4. The Morgan fingerprint density at radius 1 is 0.220 bits per heavy atom. The Kier molecular flexibility index (Phi) is 12.4. The van der Waals surface area contributed by atoms with Crippen LogP contribution in [0.15, 0.2) is 364 Å². The van der Waals surface area contributed by atoms with Gasteiger partial charge in [-0.25, -0.2) is 0 Å². The molecule has 0 N–H and O–H groups in total. The van der Waals surface area contributed by atoms with E-state index in [4.69, 9.17) is 0 Å². The fraction of sp³-hybridized carbons (Fsp3) is 0.0505. The minimum Gasteiger partial charge on any atom is -0.311 e. The van der Waals surface area contributed by atoms with E-state index in [1.165, 1.54) is 139 Å². The Labute approximate surface area is 584 Å². The molecule has 7 aliphatic rings. The van der Waals surface area contributed by atoms with E-state index in [0.29, 0.717) is 5.92 Å². The Morgan fingerprint density at radius 2 is 0.460 bits per heavy atom. The molecule has 0 aliphatic heterocycles. The van der Waals surface area contributed by atoms with Crippen LogP contribution in [0.5, 0.6) is 0 Å². The van der Waals surface area contributed by atoms with Crippen molar-refractivity contribution in [2.45, 2.75) is 22.2 Å². The van der Waals surface area contributed by atoms with Crippen LogP contribution in [-0.2, 0) is 16.2 Å². The maximum absolute atomic E-state index is 2.48. The van der Waals surface area contributed by atoms with Crippen LogP contribution in [0.25, 0.3) is 57.2 Å². The number of hydrogen-bond donors (Lipinski definition) is 0. The minimum absolute atomic E-state index is 0.255. The van der Waals surface area contributed by atoms with E-state index >= 15 is 0 Å². The molecule has 0 saturated carbocycles. The summed E-state index contributed by atoms with van der Waals surface area (Å²) in [6.07, 6.45) is 16.7. The standard InChI is InChI=1S/C99H65N/c1-13-37-85-70(25-1)71-26-2-14-38-86(71)97(85)91-43-19-7-31-76(91)82(77-32-8-20-44-92(77)97)61-64-49-55-67(56-50-64)100(68-57-51-65(52-58-68)62-83-78-33-9-21-45-93(78)98(94-46-22-10-34-79(83)94)87-39-15-3-27-72(87)73-28-4-16-40-88(73)98)69-59-53-66(54-60-69)63-84-80-35-11-23-47-95(80)99(96-48-24-12-36-81(84)96)89-41-17-5-29-74(89)75-30-6-18-42-90(75)99/h1-63,70,85H. The van der Waals surface area contributed by atoms with Crippen molar-refractivity contribution in [3.05, 3.63) is 481 Å². The predicted octanol–water partition coefficient (Wildman–Crippen LogP) is 23.8. The van der Waals surface area contributed by atoms with Gasteiger partial charge >= 0.3 is 0 Å². The molecule has 466 valence electrons. The van der Waals surface area contributed by atoms with Crippen LogP contribution in [0, 0.1) is 5.92 Å². The average molecular weight is 1270 g/mol. The van der Waals surface area contributed by atoms with Crippen molar-refractivity contribution in [1.29, 1.82) is 0 Å². The van der Waals surface area contributed by atoms with Gasteiger partial charge in [0.15, 0.2) is 0 Å². The minimum atomic E-state index is -0.450. The smallest absolute Gasteiger partial charge is 0.0725 e. The van der Waals surface area contributed by atoms with Gasteiger partial charge < -0.3 is 4.90 Å². The highest BCUT2D eigenvalue weighted by molar-refractivity contribution is 6.04. The molecule has 21 rings (SSSR count). The Balaban J connectivity index is 0.687. The lowest BCUT2D eigenvalue weighted by molar-refractivity contribution is 0.452. The summed E-state index contributed by atoms with van der Waals surface area (Å²) in [5.41, 5.74) is 38.2. The number of benzene rings is 14. The molecule has 1 heteroatoms. The summed E-state index contributed by atoms with van der Waals surface area (Å²) < 4.78 is 0. The zero-order valence-electron chi connectivity index (χ0n) is 55.0. The Bertz CT molecular complexity index is 5430. The highest BCUT2D eigenvalue weighted by atomic mass is 15.1. The van der Waals surface area contributed by atoms with Crippen molar-refractivity contribution in [1.82, 2.24) is 0 Å². The van der Waals surface area contributed by atoms with E-state index < -0.39 is 10.8 Å². The number of hydrogen-bond acceptors (Lipinski definition) is 1. The lowest BCUT2D eigenvalue weighted by Gasteiger charge is -2.44. The van der Waals surface area contributed by atoms with Crippen LogP contribution >= 0.6 is 0 Å². The van der Waals surface area contributed by atoms with E-state index in [1.807, 2.05) is 0 Å². The number of fused-ring (bicyclic) bond motifs is 27. The maximum Gasteiger partial charge on any atom is 0.0725 e. The van der Waals surface area contributed by atoms with Crippen LogP contribution in [0.2, 0.25) is 0 Å². The largest absolute Gasteiger partial charge is 0.311 e. The second-order valence-electron chi connectivity index (χ2n) is 28.0. The van der Waals surface area contributed by atoms with Gasteiger partial charge in [0.2, 0.25) is 0 Å². The van der Waals surface area contributed by atoms with Gasteiger partial charge in [-0.2, -0.15) is 0 Å². The van der Waals surface area contributed by atoms with E-state index in [0.717, 1.165) is 33.8 Å². The van der Waals surface area contributed by atoms with E-state index in [2.05, 4.69) is 387 Å². The van der Waals surface area contributed by atoms with Crippen molar-refractivity contribution >= 4 is 52.0 Å². The molecule has 0 bridgehead atoms. The summed E-state index contributed by atoms with van der Waals surface area (Å²) >= 11 is 0. The quantitative estimate of drug-likeness (QED) is 0.160. The average Bonchev–Trinajstić information content (AvgIpc) is 1.48. The molecular weight excluding hydrogens is 1200 g/mol. The van der Waals surface area contributed by atoms with Gasteiger partial charge in [-0.15, -0.1) is 0 Å². The molecule has 0 saturated heterocycles. The van der Waals surface area contributed by atoms with Crippen LogP contribution in [0.3, 0.4) is 0 Å². The molecule has 0 aromatic heterocycles. The molecule has 14 aromatic carbocycles. The first-order chi connectivity index (χ1) is 49.6. The summed E-state index contributed by atoms with van der Waals surface area (Å²) in [7, 11) is 0. The first kappa shape index (κ1) is 56.7. The van der Waals surface area contributed by atoms with Gasteiger partial charge in [-0.05, 0) is 210 Å². The lowest BCUT2D eigenvalue weighted by Crippen LogP contribution is -2.39. The summed E-state index contributed by atoms with van der Waals surface area (Å²) in [6.45, 7) is 0. The van der Waals surface area contributed by atoms with Gasteiger partial charge in [0.25, 0.3) is 0 Å². The van der Waals surface area contributed by atoms with Crippen LogP contribution < -0.4 is 4.90 Å². The lowest BCUT2D eigenvalue weighted by atomic mass is 9.57. The molecule has 100 heavy (non-hydrogen) atoms. The zero-order valence-corrected chi connectivity index (χ0v) is 55.0. The van der Waals surface area contributed by atoms with Crippen molar-refractivity contribution in [3.8, 4) is 22.3 Å². The third-order valence-electron chi connectivity index (χ3n) is 23.4. The fourth-order valence-electron chi connectivity index (χ4n) is 19.7. The summed E-state index contributed by atoms with van der Waals surface area (Å²) in [5, 5.41) is 0. The molecule has 0 amide bonds. The molecule has 0 radical (unpaired) electrons. The topological polar surface area (TPSA) is 3.24 Å². The van der Waals surface area contributed by atoms with Gasteiger partial charge in [0, 0.05) is 28.9 Å². The van der Waals surface area contributed by atoms with Crippen molar-refractivity contribution in [3.63, 3.8) is 0 Å². The fourth-order valence-corrected chi connectivity index (χ4v) is 19.7. The normalized spacial score (nSPS) is 17.7. The number of anilines is 3. The van der Waals surface area contributed by atoms with Gasteiger partial charge in [0.1, 0.15) is 0 Å². The highest BCUT2D eigenvalue weighted by Gasteiger charge is 2.57. The molecule has 2 atom stereocenters. The predicted molar refractivity (Wildman–Crippen MR) is 413 cm³/mol. The summed E-state index contributed by atoms with van der Waals surface area (Å²) in [4.78, 5) is 2.42. The molecule has 7 aliphatic carbocycles. The summed E-state index contributed by atoms with van der Waals surface area (Å²) in [6, 6.07) is 128. The maximum atomic E-state index is 2.48. The number of rotatable bonds is 6. The molecule has 14 aromatic rings. The van der Waals surface area contributed by atoms with E-state index in [1.54, 1.807) is 0 Å². The first-order valence-electron chi connectivity index (χ1n) is 35.3. The second kappa shape index (κ2) is 21.8. The van der Waals surface area contributed by atoms with E-state index in [9.17, 15) is 0 Å². The van der Waals surface area contributed by atoms with Gasteiger partial charge in [-0.1, -0.05) is 328 Å². The monoisotopic (exact) mass is 1270 g/mol. The third kappa shape index (κ3) is 7.72. The molecular formula is C99H65N. The van der Waals surface area contributed by atoms with Crippen molar-refractivity contribution in [2.24, 2.45) is 5.92 Å². The first-order valence-corrected chi connectivity index (χ1v) is 35.3. The number of allylic oxidation sites excluding steroid dienone is 4. The Hall–Kier alpha value is -12.4. The van der Waals surface area contributed by atoms with Gasteiger partial charge in [0.05, 0.1) is 16.2 Å². The SMILES string of the molecule is C1=CC2c3ccccc3C3(c4ccccc4C(=Cc4ccc(N(c5ccc(C=C6c7ccccc7C7(c8ccccc86)c6ccccc6-c6ccccc67)cc5)c5ccc(C=C6c7ccccc7C7(c8ccccc86)c6ccccc6-c6ccccc67)cc5)cc4)c4ccccc43)C2C=C1. The molecule has 3 spiro atoms. The Morgan fingerprint density at radius 3 is 0.780 bits per heavy atom. The molecule has 2 unspecified atom stereocenters. The molecule has 0 fully saturated rings. The number of nitrogens with zero attached hydrogens (tertiary/aromatic N) is 1. The van der Waals surface area contributed by atoms with Crippen LogP contribution in [-0.4, -0.2) is 0 Å². The molecule has 0 heterocycles. The van der Waals surface area contributed by atoms with Crippen molar-refractivity contribution in [2.75, 3.05) is 4.90 Å². The van der Waals surface area contributed by atoms with E-state index in [-0.39, 0.29) is 11.3 Å². The molecule has 1 nitrogen and oxygen atoms in total. The van der Waals surface area contributed by atoms with Crippen molar-refractivity contribution < 1.29 is 0 Å². The zero-order chi connectivity index (χ0) is 65.7. The summed E-state index contributed by atoms with van der Waals surface area (Å²) in [5.74, 6) is 0.555.